The Labute approximate surface area is 216 Å². The number of H-pyrrole nitrogens is 1. The van der Waals surface area contributed by atoms with Gasteiger partial charge in [0.05, 0.1) is 36.5 Å². The van der Waals surface area contributed by atoms with Crippen LogP contribution in [0.3, 0.4) is 0 Å². The highest BCUT2D eigenvalue weighted by Gasteiger charge is 2.14. The third kappa shape index (κ3) is 5.44. The molecule has 3 aromatic carbocycles. The summed E-state index contributed by atoms with van der Waals surface area (Å²) in [5.41, 5.74) is 4.20. The summed E-state index contributed by atoms with van der Waals surface area (Å²) in [7, 11) is 3.22. The number of amides is 1. The number of ether oxygens (including phenoxy) is 3. The molecule has 0 aliphatic carbocycles. The number of aromatic amines is 1. The van der Waals surface area contributed by atoms with Crippen molar-refractivity contribution < 1.29 is 23.8 Å². The number of rotatable bonds is 8. The van der Waals surface area contributed by atoms with Gasteiger partial charge in [-0.2, -0.15) is 0 Å². The smallest absolute Gasteiger partial charge is 0.338 e. The van der Waals surface area contributed by atoms with Crippen LogP contribution < -0.4 is 14.8 Å². The molecule has 2 aromatic heterocycles. The van der Waals surface area contributed by atoms with E-state index in [1.807, 2.05) is 53.9 Å². The average Bonchev–Trinajstić information content (AvgIpc) is 3.58. The van der Waals surface area contributed by atoms with Crippen molar-refractivity contribution in [3.63, 3.8) is 0 Å². The van der Waals surface area contributed by atoms with Crippen LogP contribution in [0.1, 0.15) is 10.4 Å². The Bertz CT molecular complexity index is 1560. The van der Waals surface area contributed by atoms with E-state index in [2.05, 4.69) is 20.3 Å². The number of aromatic nitrogens is 3. The summed E-state index contributed by atoms with van der Waals surface area (Å²) in [5.74, 6) is 1.07. The lowest BCUT2D eigenvalue weighted by atomic mass is 10.2. The van der Waals surface area contributed by atoms with E-state index < -0.39 is 18.5 Å². The van der Waals surface area contributed by atoms with Gasteiger partial charge in [-0.3, -0.25) is 10.1 Å². The van der Waals surface area contributed by atoms with Gasteiger partial charge in [0.15, 0.2) is 11.7 Å². The fourth-order valence-corrected chi connectivity index (χ4v) is 4.35. The first-order valence-corrected chi connectivity index (χ1v) is 12.1. The van der Waals surface area contributed by atoms with Crippen molar-refractivity contribution in [3.8, 4) is 34.1 Å². The van der Waals surface area contributed by atoms with Gasteiger partial charge in [-0.25, -0.2) is 14.8 Å². The van der Waals surface area contributed by atoms with Crippen LogP contribution in [0.5, 0.6) is 11.5 Å². The molecule has 37 heavy (non-hydrogen) atoms. The van der Waals surface area contributed by atoms with Gasteiger partial charge < -0.3 is 19.2 Å². The molecule has 5 aromatic rings. The molecule has 5 rings (SSSR count). The zero-order valence-electron chi connectivity index (χ0n) is 20.0. The number of fused-ring (bicyclic) bond motifs is 1. The van der Waals surface area contributed by atoms with Crippen LogP contribution in [0.15, 0.2) is 72.1 Å². The molecular formula is C27H22N4O5S. The molecule has 0 unspecified atom stereocenters. The van der Waals surface area contributed by atoms with E-state index in [4.69, 9.17) is 14.2 Å². The molecule has 0 bridgehead atoms. The van der Waals surface area contributed by atoms with Gasteiger partial charge >= 0.3 is 5.97 Å². The molecule has 0 fully saturated rings. The van der Waals surface area contributed by atoms with Crippen LogP contribution >= 0.6 is 11.3 Å². The Morgan fingerprint density at radius 2 is 1.57 bits per heavy atom. The highest BCUT2D eigenvalue weighted by molar-refractivity contribution is 7.14. The molecule has 2 heterocycles. The van der Waals surface area contributed by atoms with Gasteiger partial charge in [-0.15, -0.1) is 11.3 Å². The Balaban J connectivity index is 1.19. The quantitative estimate of drug-likeness (QED) is 0.275. The number of imidazole rings is 1. The number of benzene rings is 3. The zero-order valence-corrected chi connectivity index (χ0v) is 20.8. The molecule has 0 radical (unpaired) electrons. The van der Waals surface area contributed by atoms with Gasteiger partial charge in [0.2, 0.25) is 0 Å². The zero-order chi connectivity index (χ0) is 25.8. The molecule has 0 aliphatic rings. The van der Waals surface area contributed by atoms with Gasteiger partial charge in [0.25, 0.3) is 5.91 Å². The standard InChI is InChI=1S/C27H22N4O5S/c1-34-19-8-3-16(4-9-19)23-15-37-27(30-23)31-24(32)14-36-26(33)18-7-12-21-22(13-18)29-25(28-21)17-5-10-20(35-2)11-6-17/h3-13,15H,14H2,1-2H3,(H,28,29)(H,30,31,32). The van der Waals surface area contributed by atoms with E-state index in [9.17, 15) is 9.59 Å². The largest absolute Gasteiger partial charge is 0.497 e. The van der Waals surface area contributed by atoms with Crippen LogP contribution in [0.2, 0.25) is 0 Å². The number of hydrogen-bond donors (Lipinski definition) is 2. The van der Waals surface area contributed by atoms with Crippen LogP contribution in [-0.4, -0.2) is 47.7 Å². The minimum absolute atomic E-state index is 0.307. The maximum absolute atomic E-state index is 12.6. The highest BCUT2D eigenvalue weighted by atomic mass is 32.1. The molecular weight excluding hydrogens is 492 g/mol. The van der Waals surface area contributed by atoms with E-state index in [-0.39, 0.29) is 0 Å². The first kappa shape index (κ1) is 24.0. The topological polar surface area (TPSA) is 115 Å². The van der Waals surface area contributed by atoms with Gasteiger partial charge in [-0.05, 0) is 66.7 Å². The summed E-state index contributed by atoms with van der Waals surface area (Å²) in [6.07, 6.45) is 0. The predicted molar refractivity (Wildman–Crippen MR) is 141 cm³/mol. The maximum Gasteiger partial charge on any atom is 0.338 e. The molecule has 0 saturated carbocycles. The number of methoxy groups -OCH3 is 2. The molecule has 0 aliphatic heterocycles. The normalized spacial score (nSPS) is 10.8. The second-order valence-electron chi connectivity index (χ2n) is 7.94. The molecule has 0 spiro atoms. The molecule has 10 heteroatoms. The number of nitrogens with zero attached hydrogens (tertiary/aromatic N) is 2. The minimum Gasteiger partial charge on any atom is -0.497 e. The summed E-state index contributed by atoms with van der Waals surface area (Å²) >= 11 is 1.28. The van der Waals surface area contributed by atoms with Gasteiger partial charge in [-0.1, -0.05) is 0 Å². The van der Waals surface area contributed by atoms with Crippen molar-refractivity contribution in [1.29, 1.82) is 0 Å². The summed E-state index contributed by atoms with van der Waals surface area (Å²) in [5, 5.41) is 4.91. The maximum atomic E-state index is 12.6. The second kappa shape index (κ2) is 10.5. The highest BCUT2D eigenvalue weighted by Crippen LogP contribution is 2.27. The van der Waals surface area contributed by atoms with E-state index in [0.717, 1.165) is 28.3 Å². The molecule has 1 amide bonds. The number of esters is 1. The van der Waals surface area contributed by atoms with Gasteiger partial charge in [0.1, 0.15) is 17.3 Å². The fourth-order valence-electron chi connectivity index (χ4n) is 3.62. The lowest BCUT2D eigenvalue weighted by molar-refractivity contribution is -0.119. The van der Waals surface area contributed by atoms with Gasteiger partial charge in [0, 0.05) is 16.5 Å². The monoisotopic (exact) mass is 514 g/mol. The summed E-state index contributed by atoms with van der Waals surface area (Å²) < 4.78 is 15.6. The van der Waals surface area contributed by atoms with E-state index in [1.165, 1.54) is 11.3 Å². The third-order valence-electron chi connectivity index (χ3n) is 5.55. The van der Waals surface area contributed by atoms with Crippen LogP contribution in [0.4, 0.5) is 5.13 Å². The Morgan fingerprint density at radius 3 is 2.24 bits per heavy atom. The van der Waals surface area contributed by atoms with E-state index in [1.54, 1.807) is 32.4 Å². The van der Waals surface area contributed by atoms with E-state index >= 15 is 0 Å². The molecule has 9 nitrogen and oxygen atoms in total. The van der Waals surface area contributed by atoms with Crippen molar-refractivity contribution in [1.82, 2.24) is 15.0 Å². The SMILES string of the molecule is COc1ccc(-c2csc(NC(=O)COC(=O)c3ccc4nc(-c5ccc(OC)cc5)[nH]c4c3)n2)cc1. The number of carbonyl (C=O) groups is 2. The molecule has 0 atom stereocenters. The molecule has 186 valence electrons. The molecule has 2 N–H and O–H groups in total. The Kier molecular flexibility index (Phi) is 6.82. The van der Waals surface area contributed by atoms with Crippen molar-refractivity contribution in [2.45, 2.75) is 0 Å². The number of thiazole rings is 1. The first-order valence-electron chi connectivity index (χ1n) is 11.2. The lowest BCUT2D eigenvalue weighted by Gasteiger charge is -2.05. The summed E-state index contributed by atoms with van der Waals surface area (Å²) in [6.45, 7) is -0.436. The van der Waals surface area contributed by atoms with Crippen LogP contribution in [0, 0.1) is 0 Å². The Morgan fingerprint density at radius 1 is 0.892 bits per heavy atom. The lowest BCUT2D eigenvalue weighted by Crippen LogP contribution is -2.20. The van der Waals surface area contributed by atoms with Crippen LogP contribution in [-0.2, 0) is 9.53 Å². The van der Waals surface area contributed by atoms with Crippen LogP contribution in [0.25, 0.3) is 33.7 Å². The van der Waals surface area contributed by atoms with E-state index in [0.29, 0.717) is 27.6 Å². The fraction of sp³-hybridized carbons (Fsp3) is 0.111. The number of hydrogen-bond acceptors (Lipinski definition) is 8. The number of nitrogens with one attached hydrogen (secondary N) is 2. The summed E-state index contributed by atoms with van der Waals surface area (Å²) in [6, 6.07) is 19.9. The van der Waals surface area contributed by atoms with Crippen molar-refractivity contribution in [2.75, 3.05) is 26.1 Å². The average molecular weight is 515 g/mol. The molecule has 0 saturated heterocycles. The van der Waals surface area contributed by atoms with Crippen molar-refractivity contribution in [2.24, 2.45) is 0 Å². The van der Waals surface area contributed by atoms with Crippen molar-refractivity contribution in [3.05, 3.63) is 77.7 Å². The first-order chi connectivity index (χ1) is 18.0. The predicted octanol–water partition coefficient (Wildman–Crippen LogP) is 5.17. The number of anilines is 1. The second-order valence-corrected chi connectivity index (χ2v) is 8.79. The third-order valence-corrected chi connectivity index (χ3v) is 6.31. The Hall–Kier alpha value is -4.70. The minimum atomic E-state index is -0.615. The summed E-state index contributed by atoms with van der Waals surface area (Å²) in [4.78, 5) is 37.1. The van der Waals surface area contributed by atoms with Crippen molar-refractivity contribution >= 4 is 39.4 Å². The number of carbonyl (C=O) groups excluding carboxylic acids is 2.